The lowest BCUT2D eigenvalue weighted by Gasteiger charge is -2.43. The molecule has 264 valence electrons. The van der Waals surface area contributed by atoms with Crippen LogP contribution >= 0.6 is 39.0 Å². The molecule has 51 heavy (non-hydrogen) atoms. The van der Waals surface area contributed by atoms with Gasteiger partial charge < -0.3 is 19.8 Å². The summed E-state index contributed by atoms with van der Waals surface area (Å²) < 4.78 is 52.9. The molecule has 2 saturated carbocycles. The smallest absolute Gasteiger partial charge is 0.418 e. The van der Waals surface area contributed by atoms with Crippen LogP contribution in [0.3, 0.4) is 0 Å². The molecule has 9 nitrogen and oxygen atoms in total. The fourth-order valence-corrected chi connectivity index (χ4v) is 11.7. The first kappa shape index (κ1) is 34.0. The third kappa shape index (κ3) is 5.77. The van der Waals surface area contributed by atoms with Crippen molar-refractivity contribution in [3.63, 3.8) is 0 Å². The van der Waals surface area contributed by atoms with E-state index < -0.39 is 36.1 Å². The molecule has 1 saturated heterocycles. The number of carbonyl (C=O) groups excluding carboxylic acids is 3. The van der Waals surface area contributed by atoms with Crippen LogP contribution in [0.15, 0.2) is 81.0 Å². The van der Waals surface area contributed by atoms with Gasteiger partial charge in [-0.05, 0) is 85.2 Å². The number of thiazole rings is 1. The van der Waals surface area contributed by atoms with E-state index in [4.69, 9.17) is 9.47 Å². The molecule has 2 N–H and O–H groups in total. The van der Waals surface area contributed by atoms with Crippen molar-refractivity contribution < 1.29 is 37.0 Å². The number of imide groups is 1. The van der Waals surface area contributed by atoms with E-state index >= 15 is 0 Å². The predicted molar refractivity (Wildman–Crippen MR) is 188 cm³/mol. The number of aromatic amines is 1. The van der Waals surface area contributed by atoms with Crippen LogP contribution in [0.2, 0.25) is 0 Å². The van der Waals surface area contributed by atoms with Gasteiger partial charge in [0.2, 0.25) is 11.8 Å². The van der Waals surface area contributed by atoms with Crippen molar-refractivity contribution in [2.45, 2.75) is 35.7 Å². The van der Waals surface area contributed by atoms with Crippen molar-refractivity contribution in [2.75, 3.05) is 23.4 Å². The summed E-state index contributed by atoms with van der Waals surface area (Å²) in [6.07, 6.45) is -3.92. The van der Waals surface area contributed by atoms with Gasteiger partial charge in [0.1, 0.15) is 0 Å². The third-order valence-corrected chi connectivity index (χ3v) is 13.4. The first-order valence-electron chi connectivity index (χ1n) is 16.3. The number of hydrogen-bond donors (Lipinski definition) is 2. The van der Waals surface area contributed by atoms with E-state index in [-0.39, 0.29) is 63.7 Å². The highest BCUT2D eigenvalue weighted by atomic mass is 79.9. The Morgan fingerprint density at radius 3 is 2.43 bits per heavy atom. The van der Waals surface area contributed by atoms with Crippen LogP contribution < -0.4 is 24.6 Å². The number of alkyl halides is 3. The Kier molecular flexibility index (Phi) is 8.57. The number of nitrogens with one attached hydrogen (secondary N) is 2. The first-order valence-corrected chi connectivity index (χ1v) is 18.8. The third-order valence-electron chi connectivity index (χ3n) is 10.3. The molecular formula is C36H29BrF3N3O6S2. The summed E-state index contributed by atoms with van der Waals surface area (Å²) >= 11 is 6.14. The van der Waals surface area contributed by atoms with E-state index in [0.717, 1.165) is 43.8 Å². The second-order valence-electron chi connectivity index (χ2n) is 13.0. The normalized spacial score (nSPS) is 26.1. The van der Waals surface area contributed by atoms with Crippen molar-refractivity contribution in [1.82, 2.24) is 4.98 Å². The molecule has 4 aromatic rings. The van der Waals surface area contributed by atoms with E-state index in [1.807, 2.05) is 6.07 Å². The van der Waals surface area contributed by atoms with E-state index in [9.17, 15) is 32.3 Å². The van der Waals surface area contributed by atoms with E-state index in [2.05, 4.69) is 26.2 Å². The van der Waals surface area contributed by atoms with Gasteiger partial charge in [0.05, 0.1) is 40.4 Å². The molecule has 7 atom stereocenters. The molecule has 3 amide bonds. The maximum atomic E-state index is 14.0. The Bertz CT molecular complexity index is 2120. The Labute approximate surface area is 306 Å². The second-order valence-corrected chi connectivity index (χ2v) is 16.1. The highest BCUT2D eigenvalue weighted by molar-refractivity contribution is 9.10. The quantitative estimate of drug-likeness (QED) is 0.180. The lowest BCUT2D eigenvalue weighted by Crippen LogP contribution is -2.42. The number of para-hydroxylation sites is 1. The average Bonchev–Trinajstić information content (AvgIpc) is 3.83. The van der Waals surface area contributed by atoms with Gasteiger partial charge in [-0.15, -0.1) is 11.8 Å². The van der Waals surface area contributed by atoms with Gasteiger partial charge in [-0.1, -0.05) is 45.5 Å². The van der Waals surface area contributed by atoms with Crippen LogP contribution in [0.1, 0.15) is 35.3 Å². The monoisotopic (exact) mass is 799 g/mol. The largest absolute Gasteiger partial charge is 0.490 e. The van der Waals surface area contributed by atoms with Gasteiger partial charge in [-0.2, -0.15) is 13.2 Å². The minimum Gasteiger partial charge on any atom is -0.490 e. The molecule has 3 heterocycles. The van der Waals surface area contributed by atoms with Crippen molar-refractivity contribution in [2.24, 2.45) is 29.6 Å². The number of carbonyl (C=O) groups is 3. The number of thioether (sulfide) groups is 1. The average molecular weight is 801 g/mol. The van der Waals surface area contributed by atoms with Gasteiger partial charge in [-0.3, -0.25) is 24.1 Å². The Morgan fingerprint density at radius 1 is 0.980 bits per heavy atom. The summed E-state index contributed by atoms with van der Waals surface area (Å²) in [5.74, 6) is -1.99. The first-order chi connectivity index (χ1) is 24.4. The summed E-state index contributed by atoms with van der Waals surface area (Å²) in [5.41, 5.74) is 0.0322. The minimum absolute atomic E-state index is 0.0182. The molecule has 2 bridgehead atoms. The number of hydrogen-bond acceptors (Lipinski definition) is 8. The lowest BCUT2D eigenvalue weighted by atomic mass is 9.68. The highest BCUT2D eigenvalue weighted by Crippen LogP contribution is 2.69. The molecule has 15 heteroatoms. The lowest BCUT2D eigenvalue weighted by molar-refractivity contribution is -0.137. The molecule has 1 aromatic heterocycles. The molecular weight excluding hydrogens is 771 g/mol. The fourth-order valence-electron chi connectivity index (χ4n) is 8.51. The minimum atomic E-state index is -4.65. The highest BCUT2D eigenvalue weighted by Gasteiger charge is 2.69. The maximum Gasteiger partial charge on any atom is 0.418 e. The van der Waals surface area contributed by atoms with E-state index in [1.165, 1.54) is 23.1 Å². The maximum absolute atomic E-state index is 14.0. The molecule has 3 fully saturated rings. The molecule has 4 aliphatic rings. The number of amides is 3. The Balaban J connectivity index is 1.08. The molecule has 0 radical (unpaired) electrons. The number of aromatic nitrogens is 1. The Hall–Kier alpha value is -4.08. The summed E-state index contributed by atoms with van der Waals surface area (Å²) in [6.45, 7) is 1.48. The van der Waals surface area contributed by atoms with Gasteiger partial charge in [0.25, 0.3) is 5.91 Å². The number of benzene rings is 3. The predicted octanol–water partition coefficient (Wildman–Crippen LogP) is 7.31. The van der Waals surface area contributed by atoms with Crippen molar-refractivity contribution in [3.8, 4) is 11.5 Å². The van der Waals surface area contributed by atoms with Crippen molar-refractivity contribution >= 4 is 68.1 Å². The van der Waals surface area contributed by atoms with Crippen LogP contribution in [-0.2, 0) is 20.6 Å². The van der Waals surface area contributed by atoms with Crippen LogP contribution in [-0.4, -0.2) is 41.2 Å². The summed E-state index contributed by atoms with van der Waals surface area (Å²) in [5, 5.41) is 3.02. The zero-order chi connectivity index (χ0) is 35.8. The van der Waals surface area contributed by atoms with Crippen LogP contribution in [0.5, 0.6) is 11.5 Å². The summed E-state index contributed by atoms with van der Waals surface area (Å²) in [6, 6.07) is 17.1. The summed E-state index contributed by atoms with van der Waals surface area (Å²) in [4.78, 5) is 58.4. The zero-order valence-electron chi connectivity index (χ0n) is 26.7. The van der Waals surface area contributed by atoms with Crippen molar-refractivity contribution in [1.29, 1.82) is 0 Å². The Morgan fingerprint density at radius 2 is 1.71 bits per heavy atom. The van der Waals surface area contributed by atoms with Gasteiger partial charge >= 0.3 is 11.0 Å². The number of halogens is 4. The topological polar surface area (TPSA) is 118 Å². The van der Waals surface area contributed by atoms with E-state index in [1.54, 1.807) is 55.1 Å². The number of H-pyrrole nitrogens is 1. The SMILES string of the molecule is CCOc1cc([C@H]2c3sc(=O)[nH]c3SC3C4CC(C5C(=O)N(c6ccc(Br)cc6)C(=O)C45)C32)ccc1OCC(=O)Nc1ccccc1C(F)(F)F. The fraction of sp³-hybridized carbons (Fsp3) is 0.333. The summed E-state index contributed by atoms with van der Waals surface area (Å²) in [7, 11) is 0. The zero-order valence-corrected chi connectivity index (χ0v) is 30.0. The molecule has 2 aliphatic carbocycles. The number of fused-ring (bicyclic) bond motifs is 9. The van der Waals surface area contributed by atoms with Gasteiger partial charge in [0.15, 0.2) is 18.1 Å². The standard InChI is InChI=1S/C36H29BrF3N3O6S2/c1-2-48-24-13-16(7-12-23(24)49-15-25(44)41-22-6-4-3-5-21(22)36(38,39)40)26-27-19-14-20(30(27)50-32-31(26)51-35(47)42-32)29-28(19)33(45)43(34(29)46)18-10-8-17(37)9-11-18/h3-13,19-20,26-30H,2,14-15H2,1H3,(H,41,44)(H,42,47)/t19?,20?,26-,27?,28?,29?,30?/m1/s1. The van der Waals surface area contributed by atoms with Gasteiger partial charge in [-0.25, -0.2) is 0 Å². The number of ether oxygens (including phenoxy) is 2. The van der Waals surface area contributed by atoms with Crippen molar-refractivity contribution in [3.05, 3.63) is 96.9 Å². The molecule has 0 spiro atoms. The molecule has 2 aliphatic heterocycles. The number of nitrogens with zero attached hydrogens (tertiary/aromatic N) is 1. The van der Waals surface area contributed by atoms with E-state index in [0.29, 0.717) is 11.4 Å². The number of anilines is 2. The van der Waals surface area contributed by atoms with Crippen LogP contribution in [0, 0.1) is 29.6 Å². The number of rotatable bonds is 8. The molecule has 6 unspecified atom stereocenters. The molecule has 8 rings (SSSR count). The second kappa shape index (κ2) is 12.8. The van der Waals surface area contributed by atoms with Crippen LogP contribution in [0.4, 0.5) is 24.5 Å². The van der Waals surface area contributed by atoms with Gasteiger partial charge in [0, 0.05) is 20.5 Å². The molecule has 3 aromatic carbocycles. The van der Waals surface area contributed by atoms with Crippen LogP contribution in [0.25, 0.3) is 0 Å².